The molecule has 2 aromatic heterocycles. The van der Waals surface area contributed by atoms with Gasteiger partial charge in [-0.25, -0.2) is 4.79 Å². The highest BCUT2D eigenvalue weighted by Gasteiger charge is 2.30. The molecule has 0 spiro atoms. The Bertz CT molecular complexity index is 1610. The highest BCUT2D eigenvalue weighted by molar-refractivity contribution is 6.15. The number of nitrogens with one attached hydrogen (secondary N) is 1. The molecule has 2 N–H and O–H groups in total. The van der Waals surface area contributed by atoms with Crippen LogP contribution < -0.4 is 5.32 Å². The molecule has 2 heterocycles. The molecule has 0 aliphatic carbocycles. The Labute approximate surface area is 208 Å². The van der Waals surface area contributed by atoms with Crippen molar-refractivity contribution >= 4 is 33.7 Å². The van der Waals surface area contributed by atoms with E-state index < -0.39 is 23.8 Å². The highest BCUT2D eigenvalue weighted by Crippen LogP contribution is 2.32. The SMILES string of the molecule is C[C@H](NC(=O)c1cc2occc2c2ccn(Cc3ccc(C(F)(F)F)cc3)c12)c1ccc(C(=O)O)cc1. The van der Waals surface area contributed by atoms with Crippen LogP contribution in [0.1, 0.15) is 50.4 Å². The molecule has 37 heavy (non-hydrogen) atoms. The zero-order valence-electron chi connectivity index (χ0n) is 19.5. The number of hydrogen-bond acceptors (Lipinski definition) is 3. The molecule has 0 unspecified atom stereocenters. The number of benzene rings is 3. The quantitative estimate of drug-likeness (QED) is 0.270. The number of fused-ring (bicyclic) bond motifs is 3. The van der Waals surface area contributed by atoms with Gasteiger partial charge < -0.3 is 19.4 Å². The molecule has 0 fully saturated rings. The van der Waals surface area contributed by atoms with Crippen molar-refractivity contribution in [3.05, 3.63) is 107 Å². The van der Waals surface area contributed by atoms with E-state index in [0.717, 1.165) is 28.5 Å². The summed E-state index contributed by atoms with van der Waals surface area (Å²) >= 11 is 0. The molecule has 3 aromatic carbocycles. The number of halogens is 3. The van der Waals surface area contributed by atoms with Crippen molar-refractivity contribution in [3.8, 4) is 0 Å². The molecule has 188 valence electrons. The summed E-state index contributed by atoms with van der Waals surface area (Å²) in [5, 5.41) is 13.7. The molecule has 0 saturated heterocycles. The molecule has 5 aromatic rings. The fourth-order valence-electron chi connectivity index (χ4n) is 4.42. The van der Waals surface area contributed by atoms with Gasteiger partial charge in [0.2, 0.25) is 0 Å². The number of carboxylic acid groups (broad SMARTS) is 1. The first-order valence-corrected chi connectivity index (χ1v) is 11.4. The number of nitrogens with zero attached hydrogens (tertiary/aromatic N) is 1. The van der Waals surface area contributed by atoms with Gasteiger partial charge in [-0.15, -0.1) is 0 Å². The Morgan fingerprint density at radius 3 is 2.35 bits per heavy atom. The minimum Gasteiger partial charge on any atom is -0.478 e. The monoisotopic (exact) mass is 506 g/mol. The van der Waals surface area contributed by atoms with Crippen LogP contribution in [-0.4, -0.2) is 21.6 Å². The summed E-state index contributed by atoms with van der Waals surface area (Å²) in [5.41, 5.74) is 2.31. The molecular formula is C28H21F3N2O4. The molecule has 0 radical (unpaired) electrons. The average Bonchev–Trinajstić information content (AvgIpc) is 3.50. The van der Waals surface area contributed by atoms with Gasteiger partial charge in [0.25, 0.3) is 5.91 Å². The van der Waals surface area contributed by atoms with Crippen molar-refractivity contribution in [1.82, 2.24) is 9.88 Å². The molecule has 0 saturated carbocycles. The van der Waals surface area contributed by atoms with Gasteiger partial charge in [0.05, 0.1) is 34.5 Å². The number of alkyl halides is 3. The number of carbonyl (C=O) groups excluding carboxylic acids is 1. The second kappa shape index (κ2) is 9.16. The first-order chi connectivity index (χ1) is 17.6. The molecule has 9 heteroatoms. The smallest absolute Gasteiger partial charge is 0.416 e. The molecule has 0 aliphatic rings. The van der Waals surface area contributed by atoms with E-state index in [2.05, 4.69) is 5.32 Å². The Morgan fingerprint density at radius 2 is 1.70 bits per heavy atom. The lowest BCUT2D eigenvalue weighted by molar-refractivity contribution is -0.137. The van der Waals surface area contributed by atoms with E-state index in [1.54, 1.807) is 37.4 Å². The van der Waals surface area contributed by atoms with Crippen LogP contribution in [0.3, 0.4) is 0 Å². The number of hydrogen-bond donors (Lipinski definition) is 2. The van der Waals surface area contributed by atoms with Gasteiger partial charge in [0, 0.05) is 23.5 Å². The Kier molecular flexibility index (Phi) is 5.99. The van der Waals surface area contributed by atoms with Crippen LogP contribution in [-0.2, 0) is 12.7 Å². The fourth-order valence-corrected chi connectivity index (χ4v) is 4.42. The standard InChI is InChI=1S/C28H21F3N2O4/c1-16(18-4-6-19(7-5-18)27(35)36)32-26(34)23-14-24-21(11-13-37-24)22-10-12-33(25(22)23)15-17-2-8-20(9-3-17)28(29,30)31/h2-14,16H,15H2,1H3,(H,32,34)(H,35,36)/t16-/m0/s1. The maximum atomic E-state index is 13.5. The number of aromatic carboxylic acids is 1. The molecule has 5 rings (SSSR count). The molecule has 6 nitrogen and oxygen atoms in total. The van der Waals surface area contributed by atoms with Crippen LogP contribution in [0.4, 0.5) is 13.2 Å². The molecule has 1 amide bonds. The summed E-state index contributed by atoms with van der Waals surface area (Å²) in [6.45, 7) is 2.05. The first kappa shape index (κ1) is 24.2. The van der Waals surface area contributed by atoms with Crippen LogP contribution in [0.2, 0.25) is 0 Å². The third-order valence-corrected chi connectivity index (χ3v) is 6.36. The lowest BCUT2D eigenvalue weighted by Crippen LogP contribution is -2.27. The minimum absolute atomic E-state index is 0.147. The van der Waals surface area contributed by atoms with Crippen LogP contribution in [0, 0.1) is 0 Å². The maximum Gasteiger partial charge on any atom is 0.416 e. The topological polar surface area (TPSA) is 84.5 Å². The second-order valence-corrected chi connectivity index (χ2v) is 8.78. The predicted octanol–water partition coefficient (Wildman–Crippen LogP) is 6.64. The highest BCUT2D eigenvalue weighted by atomic mass is 19.4. The summed E-state index contributed by atoms with van der Waals surface area (Å²) < 4.78 is 46.3. The Hall–Kier alpha value is -4.53. The summed E-state index contributed by atoms with van der Waals surface area (Å²) in [6, 6.07) is 16.1. The van der Waals surface area contributed by atoms with E-state index in [1.165, 1.54) is 30.5 Å². The number of furan rings is 1. The van der Waals surface area contributed by atoms with Gasteiger partial charge in [0.15, 0.2) is 0 Å². The second-order valence-electron chi connectivity index (χ2n) is 8.78. The van der Waals surface area contributed by atoms with Gasteiger partial charge in [-0.1, -0.05) is 24.3 Å². The average molecular weight is 506 g/mol. The minimum atomic E-state index is -4.42. The van der Waals surface area contributed by atoms with Crippen molar-refractivity contribution < 1.29 is 32.3 Å². The lowest BCUT2D eigenvalue weighted by Gasteiger charge is -2.16. The van der Waals surface area contributed by atoms with Crippen LogP contribution in [0.5, 0.6) is 0 Å². The van der Waals surface area contributed by atoms with Crippen LogP contribution in [0.25, 0.3) is 21.9 Å². The zero-order chi connectivity index (χ0) is 26.3. The third-order valence-electron chi connectivity index (χ3n) is 6.36. The third kappa shape index (κ3) is 4.67. The van der Waals surface area contributed by atoms with E-state index in [-0.39, 0.29) is 18.0 Å². The summed E-state index contributed by atoms with van der Waals surface area (Å²) in [6.07, 6.45) is -1.09. The van der Waals surface area contributed by atoms with Gasteiger partial charge in [-0.05, 0) is 60.5 Å². The summed E-state index contributed by atoms with van der Waals surface area (Å²) in [5.74, 6) is -1.41. The molecular weight excluding hydrogens is 485 g/mol. The fraction of sp³-hybridized carbons (Fsp3) is 0.143. The van der Waals surface area contributed by atoms with Gasteiger partial charge >= 0.3 is 12.1 Å². The van der Waals surface area contributed by atoms with E-state index in [1.807, 2.05) is 10.6 Å². The largest absolute Gasteiger partial charge is 0.478 e. The van der Waals surface area contributed by atoms with Crippen molar-refractivity contribution in [1.29, 1.82) is 0 Å². The zero-order valence-corrected chi connectivity index (χ0v) is 19.5. The van der Waals surface area contributed by atoms with Gasteiger partial charge in [0.1, 0.15) is 5.58 Å². The van der Waals surface area contributed by atoms with E-state index in [0.29, 0.717) is 22.2 Å². The van der Waals surface area contributed by atoms with Crippen molar-refractivity contribution in [3.63, 3.8) is 0 Å². The number of carboxylic acids is 1. The lowest BCUT2D eigenvalue weighted by atomic mass is 10.0. The summed E-state index contributed by atoms with van der Waals surface area (Å²) in [7, 11) is 0. The Balaban J connectivity index is 1.49. The number of carbonyl (C=O) groups is 2. The molecule has 1 atom stereocenters. The molecule has 0 aliphatic heterocycles. The number of aromatic nitrogens is 1. The Morgan fingerprint density at radius 1 is 1.00 bits per heavy atom. The number of amides is 1. The summed E-state index contributed by atoms with van der Waals surface area (Å²) in [4.78, 5) is 24.6. The van der Waals surface area contributed by atoms with Crippen LogP contribution in [0.15, 0.2) is 83.6 Å². The predicted molar refractivity (Wildman–Crippen MR) is 132 cm³/mol. The van der Waals surface area contributed by atoms with Gasteiger partial charge in [-0.2, -0.15) is 13.2 Å². The first-order valence-electron chi connectivity index (χ1n) is 11.4. The maximum absolute atomic E-state index is 13.5. The van der Waals surface area contributed by atoms with E-state index in [4.69, 9.17) is 9.52 Å². The van der Waals surface area contributed by atoms with Crippen molar-refractivity contribution in [2.45, 2.75) is 25.7 Å². The van der Waals surface area contributed by atoms with Crippen LogP contribution >= 0.6 is 0 Å². The van der Waals surface area contributed by atoms with E-state index in [9.17, 15) is 22.8 Å². The number of rotatable bonds is 6. The van der Waals surface area contributed by atoms with Gasteiger partial charge in [-0.3, -0.25) is 4.79 Å². The van der Waals surface area contributed by atoms with E-state index >= 15 is 0 Å². The van der Waals surface area contributed by atoms with Crippen molar-refractivity contribution in [2.24, 2.45) is 0 Å². The molecule has 0 bridgehead atoms. The normalized spacial score (nSPS) is 12.6. The van der Waals surface area contributed by atoms with Crippen molar-refractivity contribution in [2.75, 3.05) is 0 Å².